The third kappa shape index (κ3) is 4.23. The molecule has 1 aromatic heterocycles. The second kappa shape index (κ2) is 7.74. The second-order valence-corrected chi connectivity index (χ2v) is 6.23. The number of hydrazone groups is 1. The third-order valence-corrected chi connectivity index (χ3v) is 4.38. The number of nitrogens with zero attached hydrogens (tertiary/aromatic N) is 1. The first-order chi connectivity index (χ1) is 12.0. The van der Waals surface area contributed by atoms with Crippen LogP contribution in [0.3, 0.4) is 0 Å². The van der Waals surface area contributed by atoms with E-state index in [2.05, 4.69) is 10.5 Å². The molecule has 0 saturated heterocycles. The summed E-state index contributed by atoms with van der Waals surface area (Å²) < 4.78 is 5.65. The van der Waals surface area contributed by atoms with Gasteiger partial charge in [0, 0.05) is 16.1 Å². The summed E-state index contributed by atoms with van der Waals surface area (Å²) in [7, 11) is 0. The predicted molar refractivity (Wildman–Crippen MR) is 101 cm³/mol. The number of hydrogen-bond acceptors (Lipinski definition) is 3. The molecule has 0 spiro atoms. The maximum absolute atomic E-state index is 11.9. The first kappa shape index (κ1) is 17.5. The number of halogens is 3. The summed E-state index contributed by atoms with van der Waals surface area (Å²) in [4.78, 5) is 11.9. The minimum Gasteiger partial charge on any atom is -0.455 e. The SMILES string of the molecule is O=C(NN=Cc1ccc(-c2cccc(Cl)c2Cl)o1)c1ccc(Cl)cc1. The maximum atomic E-state index is 11.9. The summed E-state index contributed by atoms with van der Waals surface area (Å²) in [5, 5.41) is 5.30. The molecular weight excluding hydrogens is 383 g/mol. The average Bonchev–Trinajstić information content (AvgIpc) is 3.06. The van der Waals surface area contributed by atoms with E-state index in [-0.39, 0.29) is 5.91 Å². The zero-order valence-electron chi connectivity index (χ0n) is 12.7. The van der Waals surface area contributed by atoms with Gasteiger partial charge in [-0.3, -0.25) is 4.79 Å². The molecule has 0 bridgehead atoms. The molecule has 0 saturated carbocycles. The summed E-state index contributed by atoms with van der Waals surface area (Å²) in [5.41, 5.74) is 3.55. The number of rotatable bonds is 4. The Labute approximate surface area is 159 Å². The Bertz CT molecular complexity index is 934. The minimum absolute atomic E-state index is 0.349. The van der Waals surface area contributed by atoms with Gasteiger partial charge in [-0.2, -0.15) is 5.10 Å². The molecule has 3 aromatic rings. The Kier molecular flexibility index (Phi) is 5.43. The summed E-state index contributed by atoms with van der Waals surface area (Å²) in [6, 6.07) is 15.2. The van der Waals surface area contributed by atoms with Crippen molar-refractivity contribution >= 4 is 46.9 Å². The van der Waals surface area contributed by atoms with Gasteiger partial charge in [0.2, 0.25) is 0 Å². The number of hydrogen-bond donors (Lipinski definition) is 1. The second-order valence-electron chi connectivity index (χ2n) is 5.01. The molecule has 3 rings (SSSR count). The van der Waals surface area contributed by atoms with Crippen molar-refractivity contribution in [3.63, 3.8) is 0 Å². The maximum Gasteiger partial charge on any atom is 0.271 e. The topological polar surface area (TPSA) is 54.6 Å². The van der Waals surface area contributed by atoms with Crippen LogP contribution in [0.1, 0.15) is 16.1 Å². The first-order valence-corrected chi connectivity index (χ1v) is 8.31. The van der Waals surface area contributed by atoms with Crippen molar-refractivity contribution in [3.05, 3.63) is 81.0 Å². The number of nitrogens with one attached hydrogen (secondary N) is 1. The highest BCUT2D eigenvalue weighted by Gasteiger charge is 2.10. The van der Waals surface area contributed by atoms with Crippen LogP contribution in [0.2, 0.25) is 15.1 Å². The van der Waals surface area contributed by atoms with E-state index < -0.39 is 0 Å². The van der Waals surface area contributed by atoms with Crippen LogP contribution in [0.5, 0.6) is 0 Å². The minimum atomic E-state index is -0.349. The van der Waals surface area contributed by atoms with Gasteiger partial charge >= 0.3 is 0 Å². The first-order valence-electron chi connectivity index (χ1n) is 7.18. The van der Waals surface area contributed by atoms with Crippen LogP contribution in [-0.2, 0) is 0 Å². The van der Waals surface area contributed by atoms with Crippen LogP contribution in [-0.4, -0.2) is 12.1 Å². The van der Waals surface area contributed by atoms with Crippen molar-refractivity contribution in [1.82, 2.24) is 5.43 Å². The summed E-state index contributed by atoms with van der Waals surface area (Å²) in [6.07, 6.45) is 1.40. The molecule has 7 heteroatoms. The molecule has 0 unspecified atom stereocenters. The molecule has 4 nitrogen and oxygen atoms in total. The fourth-order valence-corrected chi connectivity index (χ4v) is 2.60. The van der Waals surface area contributed by atoms with Crippen molar-refractivity contribution in [2.24, 2.45) is 5.10 Å². The average molecular weight is 394 g/mol. The lowest BCUT2D eigenvalue weighted by Gasteiger charge is -2.02. The van der Waals surface area contributed by atoms with E-state index >= 15 is 0 Å². The number of amides is 1. The number of carbonyl (C=O) groups is 1. The van der Waals surface area contributed by atoms with Gasteiger partial charge in [-0.1, -0.05) is 40.9 Å². The Morgan fingerprint density at radius 1 is 1.00 bits per heavy atom. The van der Waals surface area contributed by atoms with Gasteiger partial charge in [0.25, 0.3) is 5.91 Å². The van der Waals surface area contributed by atoms with Gasteiger partial charge < -0.3 is 4.42 Å². The molecule has 0 atom stereocenters. The summed E-state index contributed by atoms with van der Waals surface area (Å²) >= 11 is 18.0. The van der Waals surface area contributed by atoms with Crippen LogP contribution in [0.4, 0.5) is 0 Å². The van der Waals surface area contributed by atoms with Crippen molar-refractivity contribution in [3.8, 4) is 11.3 Å². The van der Waals surface area contributed by atoms with E-state index in [9.17, 15) is 4.79 Å². The predicted octanol–water partition coefficient (Wildman–Crippen LogP) is 5.67. The van der Waals surface area contributed by atoms with Crippen LogP contribution < -0.4 is 5.43 Å². The van der Waals surface area contributed by atoms with Gasteiger partial charge in [-0.15, -0.1) is 0 Å². The zero-order chi connectivity index (χ0) is 17.8. The van der Waals surface area contributed by atoms with Crippen LogP contribution in [0, 0.1) is 0 Å². The van der Waals surface area contributed by atoms with Crippen LogP contribution in [0.15, 0.2) is 64.1 Å². The Morgan fingerprint density at radius 3 is 2.52 bits per heavy atom. The number of furan rings is 1. The quantitative estimate of drug-likeness (QED) is 0.458. The molecule has 0 aliphatic carbocycles. The van der Waals surface area contributed by atoms with E-state index in [0.717, 1.165) is 0 Å². The highest BCUT2D eigenvalue weighted by molar-refractivity contribution is 6.43. The van der Waals surface area contributed by atoms with Crippen molar-refractivity contribution in [2.45, 2.75) is 0 Å². The van der Waals surface area contributed by atoms with Crippen molar-refractivity contribution in [1.29, 1.82) is 0 Å². The normalized spacial score (nSPS) is 11.0. The number of carbonyl (C=O) groups excluding carboxylic acids is 1. The van der Waals surface area contributed by atoms with E-state index in [1.807, 2.05) is 0 Å². The molecule has 1 heterocycles. The third-order valence-electron chi connectivity index (χ3n) is 3.31. The van der Waals surface area contributed by atoms with Gasteiger partial charge in [0.15, 0.2) is 0 Å². The molecule has 0 fully saturated rings. The molecule has 0 aliphatic rings. The van der Waals surface area contributed by atoms with Crippen molar-refractivity contribution < 1.29 is 9.21 Å². The monoisotopic (exact) mass is 392 g/mol. The molecule has 25 heavy (non-hydrogen) atoms. The molecule has 1 N–H and O–H groups in total. The molecule has 0 radical (unpaired) electrons. The van der Waals surface area contributed by atoms with Crippen LogP contribution >= 0.6 is 34.8 Å². The summed E-state index contributed by atoms with van der Waals surface area (Å²) in [5.74, 6) is 0.665. The summed E-state index contributed by atoms with van der Waals surface area (Å²) in [6.45, 7) is 0. The van der Waals surface area contributed by atoms with Crippen molar-refractivity contribution in [2.75, 3.05) is 0 Å². The lowest BCUT2D eigenvalue weighted by atomic mass is 10.2. The van der Waals surface area contributed by atoms with E-state index in [0.29, 0.717) is 37.7 Å². The largest absolute Gasteiger partial charge is 0.455 e. The Morgan fingerprint density at radius 2 is 1.76 bits per heavy atom. The number of benzene rings is 2. The lowest BCUT2D eigenvalue weighted by molar-refractivity contribution is 0.0955. The Hall–Kier alpha value is -2.27. The molecule has 0 aliphatic heterocycles. The standard InChI is InChI=1S/C18H11Cl3N2O2/c19-12-6-4-11(5-7-12)18(24)23-22-10-13-8-9-16(25-13)14-2-1-3-15(20)17(14)21/h1-10H,(H,23,24). The smallest absolute Gasteiger partial charge is 0.271 e. The molecule has 1 amide bonds. The highest BCUT2D eigenvalue weighted by atomic mass is 35.5. The van der Waals surface area contributed by atoms with E-state index in [4.69, 9.17) is 39.2 Å². The highest BCUT2D eigenvalue weighted by Crippen LogP contribution is 2.34. The molecule has 2 aromatic carbocycles. The zero-order valence-corrected chi connectivity index (χ0v) is 14.9. The Balaban J connectivity index is 1.69. The van der Waals surface area contributed by atoms with Gasteiger partial charge in [-0.05, 0) is 48.5 Å². The van der Waals surface area contributed by atoms with Crippen LogP contribution in [0.25, 0.3) is 11.3 Å². The lowest BCUT2D eigenvalue weighted by Crippen LogP contribution is -2.17. The fraction of sp³-hybridized carbons (Fsp3) is 0. The van der Waals surface area contributed by atoms with E-state index in [1.165, 1.54) is 6.21 Å². The molecule has 126 valence electrons. The van der Waals surface area contributed by atoms with Gasteiger partial charge in [0.05, 0.1) is 16.3 Å². The van der Waals surface area contributed by atoms with Gasteiger partial charge in [0.1, 0.15) is 11.5 Å². The molecular formula is C18H11Cl3N2O2. The van der Waals surface area contributed by atoms with Gasteiger partial charge in [-0.25, -0.2) is 5.43 Å². The van der Waals surface area contributed by atoms with E-state index in [1.54, 1.807) is 54.6 Å². The fourth-order valence-electron chi connectivity index (χ4n) is 2.08.